The summed E-state index contributed by atoms with van der Waals surface area (Å²) in [5, 5.41) is 3.48. The zero-order chi connectivity index (χ0) is 14.0. The van der Waals surface area contributed by atoms with Crippen molar-refractivity contribution in [3.8, 4) is 5.75 Å². The molecule has 0 radical (unpaired) electrons. The highest BCUT2D eigenvalue weighted by Crippen LogP contribution is 2.56. The van der Waals surface area contributed by atoms with Crippen molar-refractivity contribution < 1.29 is 4.74 Å². The Morgan fingerprint density at radius 3 is 2.55 bits per heavy atom. The summed E-state index contributed by atoms with van der Waals surface area (Å²) in [6.45, 7) is 0. The summed E-state index contributed by atoms with van der Waals surface area (Å²) in [7, 11) is 3.70. The van der Waals surface area contributed by atoms with Crippen LogP contribution in [0, 0.1) is 0 Å². The van der Waals surface area contributed by atoms with Crippen LogP contribution in [0.1, 0.15) is 30.0 Å². The van der Waals surface area contributed by atoms with E-state index >= 15 is 0 Å². The first-order valence-electron chi connectivity index (χ1n) is 7.02. The van der Waals surface area contributed by atoms with Gasteiger partial charge in [-0.15, -0.1) is 0 Å². The molecule has 0 saturated heterocycles. The van der Waals surface area contributed by atoms with Gasteiger partial charge in [-0.1, -0.05) is 30.3 Å². The van der Waals surface area contributed by atoms with Crippen LogP contribution in [0.3, 0.4) is 0 Å². The number of nitrogens with one attached hydrogen (secondary N) is 1. The molecule has 20 heavy (non-hydrogen) atoms. The van der Waals surface area contributed by atoms with Crippen LogP contribution in [-0.4, -0.2) is 19.1 Å². The zero-order valence-electron chi connectivity index (χ0n) is 12.0. The van der Waals surface area contributed by atoms with Crippen LogP contribution < -0.4 is 10.1 Å². The molecule has 1 aliphatic carbocycles. The minimum absolute atomic E-state index is 0.198. The van der Waals surface area contributed by atoms with Crippen molar-refractivity contribution in [3.63, 3.8) is 0 Å². The summed E-state index contributed by atoms with van der Waals surface area (Å²) >= 11 is 0. The molecule has 1 unspecified atom stereocenters. The van der Waals surface area contributed by atoms with E-state index in [-0.39, 0.29) is 11.5 Å². The standard InChI is InChI=1S/C17H20N2O/c1-18-16(13-10-15(20-2)12-19-11-13)17(8-9-17)14-6-4-3-5-7-14/h3-7,10-12,16,18H,8-9H2,1-2H3. The SMILES string of the molecule is CNC(c1cncc(OC)c1)C1(c2ccccc2)CC1. The third-order valence-electron chi connectivity index (χ3n) is 4.28. The van der Waals surface area contributed by atoms with Crippen LogP contribution in [0.15, 0.2) is 48.8 Å². The van der Waals surface area contributed by atoms with Crippen molar-refractivity contribution in [2.45, 2.75) is 24.3 Å². The molecule has 104 valence electrons. The van der Waals surface area contributed by atoms with E-state index in [0.29, 0.717) is 0 Å². The molecule has 1 aromatic carbocycles. The van der Waals surface area contributed by atoms with Crippen LogP contribution in [0.5, 0.6) is 5.75 Å². The maximum absolute atomic E-state index is 5.30. The van der Waals surface area contributed by atoms with Crippen molar-refractivity contribution in [1.82, 2.24) is 10.3 Å². The molecular formula is C17H20N2O. The fourth-order valence-electron chi connectivity index (χ4n) is 3.12. The molecule has 3 heteroatoms. The Labute approximate surface area is 120 Å². The first-order chi connectivity index (χ1) is 9.80. The van der Waals surface area contributed by atoms with Gasteiger partial charge in [-0.05, 0) is 37.1 Å². The molecule has 1 aliphatic rings. The number of nitrogens with zero attached hydrogens (tertiary/aromatic N) is 1. The van der Waals surface area contributed by atoms with Gasteiger partial charge in [0.15, 0.2) is 0 Å². The number of methoxy groups -OCH3 is 1. The molecule has 0 amide bonds. The van der Waals surface area contributed by atoms with Crippen LogP contribution in [0.2, 0.25) is 0 Å². The largest absolute Gasteiger partial charge is 0.495 e. The average Bonchev–Trinajstić information content (AvgIpc) is 3.31. The van der Waals surface area contributed by atoms with Gasteiger partial charge in [0, 0.05) is 17.7 Å². The Morgan fingerprint density at radius 2 is 1.95 bits per heavy atom. The minimum atomic E-state index is 0.198. The maximum Gasteiger partial charge on any atom is 0.137 e. The molecule has 0 spiro atoms. The Hall–Kier alpha value is -1.87. The van der Waals surface area contributed by atoms with E-state index in [1.165, 1.54) is 24.0 Å². The number of likely N-dealkylation sites (N-methyl/N-ethyl adjacent to an activating group) is 1. The lowest BCUT2D eigenvalue weighted by Gasteiger charge is -2.27. The van der Waals surface area contributed by atoms with E-state index in [0.717, 1.165) is 5.75 Å². The molecule has 0 bridgehead atoms. The summed E-state index contributed by atoms with van der Waals surface area (Å²) in [5.74, 6) is 0.812. The lowest BCUT2D eigenvalue weighted by atomic mass is 9.84. The second kappa shape index (κ2) is 5.25. The van der Waals surface area contributed by atoms with Crippen molar-refractivity contribution in [2.24, 2.45) is 0 Å². The van der Waals surface area contributed by atoms with Gasteiger partial charge in [0.2, 0.25) is 0 Å². The maximum atomic E-state index is 5.30. The molecule has 0 aliphatic heterocycles. The van der Waals surface area contributed by atoms with Gasteiger partial charge in [0.25, 0.3) is 0 Å². The fourth-order valence-corrected chi connectivity index (χ4v) is 3.12. The molecule has 1 atom stereocenters. The quantitative estimate of drug-likeness (QED) is 0.905. The molecule has 1 N–H and O–H groups in total. The number of hydrogen-bond donors (Lipinski definition) is 1. The minimum Gasteiger partial charge on any atom is -0.495 e. The normalized spacial score (nSPS) is 17.5. The lowest BCUT2D eigenvalue weighted by Crippen LogP contribution is -2.29. The third-order valence-corrected chi connectivity index (χ3v) is 4.28. The predicted octanol–water partition coefficient (Wildman–Crippen LogP) is 3.08. The predicted molar refractivity (Wildman–Crippen MR) is 79.9 cm³/mol. The number of pyridine rings is 1. The molecule has 1 heterocycles. The molecule has 3 rings (SSSR count). The first-order valence-corrected chi connectivity index (χ1v) is 7.02. The Balaban J connectivity index is 1.97. The average molecular weight is 268 g/mol. The summed E-state index contributed by atoms with van der Waals surface area (Å²) in [4.78, 5) is 4.29. The van der Waals surface area contributed by atoms with Gasteiger partial charge in [-0.3, -0.25) is 4.98 Å². The van der Waals surface area contributed by atoms with Gasteiger partial charge < -0.3 is 10.1 Å². The highest BCUT2D eigenvalue weighted by molar-refractivity contribution is 5.39. The smallest absolute Gasteiger partial charge is 0.137 e. The highest BCUT2D eigenvalue weighted by atomic mass is 16.5. The summed E-state index contributed by atoms with van der Waals surface area (Å²) in [6, 6.07) is 13.1. The number of rotatable bonds is 5. The van der Waals surface area contributed by atoms with E-state index in [1.807, 2.05) is 13.2 Å². The van der Waals surface area contributed by atoms with E-state index in [4.69, 9.17) is 4.74 Å². The van der Waals surface area contributed by atoms with Crippen LogP contribution in [-0.2, 0) is 5.41 Å². The monoisotopic (exact) mass is 268 g/mol. The summed E-state index contributed by atoms with van der Waals surface area (Å²) in [5.41, 5.74) is 2.79. The van der Waals surface area contributed by atoms with Gasteiger partial charge in [0.05, 0.1) is 13.3 Å². The third kappa shape index (κ3) is 2.18. The van der Waals surface area contributed by atoms with Gasteiger partial charge in [0.1, 0.15) is 5.75 Å². The second-order valence-electron chi connectivity index (χ2n) is 5.40. The van der Waals surface area contributed by atoms with Crippen molar-refractivity contribution >= 4 is 0 Å². The van der Waals surface area contributed by atoms with Crippen LogP contribution >= 0.6 is 0 Å². The molecule has 1 fully saturated rings. The van der Waals surface area contributed by atoms with Gasteiger partial charge >= 0.3 is 0 Å². The first kappa shape index (κ1) is 13.1. The zero-order valence-corrected chi connectivity index (χ0v) is 12.0. The topological polar surface area (TPSA) is 34.2 Å². The van der Waals surface area contributed by atoms with Gasteiger partial charge in [-0.25, -0.2) is 0 Å². The molecule has 1 saturated carbocycles. The highest BCUT2D eigenvalue weighted by Gasteiger charge is 2.50. The Morgan fingerprint density at radius 1 is 1.20 bits per heavy atom. The van der Waals surface area contributed by atoms with E-state index in [1.54, 1.807) is 13.3 Å². The number of hydrogen-bond acceptors (Lipinski definition) is 3. The van der Waals surface area contributed by atoms with Crippen LogP contribution in [0.4, 0.5) is 0 Å². The molecule has 3 nitrogen and oxygen atoms in total. The van der Waals surface area contributed by atoms with Crippen molar-refractivity contribution in [1.29, 1.82) is 0 Å². The second-order valence-corrected chi connectivity index (χ2v) is 5.40. The fraction of sp³-hybridized carbons (Fsp3) is 0.353. The summed E-state index contributed by atoms with van der Waals surface area (Å²) in [6.07, 6.45) is 6.10. The molecular weight excluding hydrogens is 248 g/mol. The number of benzene rings is 1. The lowest BCUT2D eigenvalue weighted by molar-refractivity contribution is 0.407. The van der Waals surface area contributed by atoms with E-state index < -0.39 is 0 Å². The number of ether oxygens (including phenoxy) is 1. The van der Waals surface area contributed by atoms with Crippen molar-refractivity contribution in [2.75, 3.05) is 14.2 Å². The molecule has 1 aromatic heterocycles. The Kier molecular flexibility index (Phi) is 3.45. The van der Waals surface area contributed by atoms with E-state index in [9.17, 15) is 0 Å². The Bertz CT molecular complexity index is 579. The number of aromatic nitrogens is 1. The summed E-state index contributed by atoms with van der Waals surface area (Å²) < 4.78 is 5.30. The molecule has 2 aromatic rings. The van der Waals surface area contributed by atoms with Crippen LogP contribution in [0.25, 0.3) is 0 Å². The van der Waals surface area contributed by atoms with Gasteiger partial charge in [-0.2, -0.15) is 0 Å². The van der Waals surface area contributed by atoms with Crippen molar-refractivity contribution in [3.05, 3.63) is 59.9 Å². The van der Waals surface area contributed by atoms with E-state index in [2.05, 4.69) is 46.7 Å².